The van der Waals surface area contributed by atoms with Gasteiger partial charge < -0.3 is 14.6 Å². The SMILES string of the molecule is CNC(c1nccn1C)C1(OC)CCCC1. The molecule has 1 aliphatic carbocycles. The average molecular weight is 223 g/mol. The number of imidazole rings is 1. The number of aromatic nitrogens is 2. The van der Waals surface area contributed by atoms with Crippen molar-refractivity contribution in [2.75, 3.05) is 14.2 Å². The molecular weight excluding hydrogens is 202 g/mol. The lowest BCUT2D eigenvalue weighted by Crippen LogP contribution is -2.43. The Bertz CT molecular complexity index is 342. The lowest BCUT2D eigenvalue weighted by atomic mass is 9.91. The van der Waals surface area contributed by atoms with Gasteiger partial charge in [-0.05, 0) is 19.9 Å². The Labute approximate surface area is 97.0 Å². The molecule has 0 bridgehead atoms. The Kier molecular flexibility index (Phi) is 3.30. The molecule has 0 spiro atoms. The number of methoxy groups -OCH3 is 1. The fraction of sp³-hybridized carbons (Fsp3) is 0.750. The van der Waals surface area contributed by atoms with Crippen LogP contribution in [0.5, 0.6) is 0 Å². The van der Waals surface area contributed by atoms with E-state index in [0.717, 1.165) is 18.7 Å². The van der Waals surface area contributed by atoms with Crippen molar-refractivity contribution in [1.29, 1.82) is 0 Å². The molecule has 0 aliphatic heterocycles. The highest BCUT2D eigenvalue weighted by atomic mass is 16.5. The number of nitrogens with one attached hydrogen (secondary N) is 1. The number of aryl methyl sites for hydroxylation is 1. The van der Waals surface area contributed by atoms with Crippen molar-refractivity contribution in [1.82, 2.24) is 14.9 Å². The third kappa shape index (κ3) is 1.76. The minimum Gasteiger partial charge on any atom is -0.376 e. The predicted octanol–water partition coefficient (Wildman–Crippen LogP) is 1.64. The van der Waals surface area contributed by atoms with Crippen LogP contribution in [0, 0.1) is 0 Å². The van der Waals surface area contributed by atoms with E-state index in [1.54, 1.807) is 0 Å². The Morgan fingerprint density at radius 1 is 1.50 bits per heavy atom. The lowest BCUT2D eigenvalue weighted by molar-refractivity contribution is -0.0377. The highest BCUT2D eigenvalue weighted by Gasteiger charge is 2.43. The van der Waals surface area contributed by atoms with Crippen LogP contribution < -0.4 is 5.32 Å². The van der Waals surface area contributed by atoms with Gasteiger partial charge in [-0.3, -0.25) is 0 Å². The maximum absolute atomic E-state index is 5.81. The number of nitrogens with zero attached hydrogens (tertiary/aromatic N) is 2. The molecule has 4 heteroatoms. The summed E-state index contributed by atoms with van der Waals surface area (Å²) in [4.78, 5) is 4.44. The molecular formula is C12H21N3O. The van der Waals surface area contributed by atoms with Crippen molar-refractivity contribution in [2.24, 2.45) is 7.05 Å². The van der Waals surface area contributed by atoms with E-state index in [4.69, 9.17) is 4.74 Å². The minimum atomic E-state index is -0.0755. The Morgan fingerprint density at radius 2 is 2.19 bits per heavy atom. The molecule has 4 nitrogen and oxygen atoms in total. The maximum Gasteiger partial charge on any atom is 0.128 e. The minimum absolute atomic E-state index is 0.0755. The molecule has 1 fully saturated rings. The van der Waals surface area contributed by atoms with E-state index in [9.17, 15) is 0 Å². The molecule has 0 radical (unpaired) electrons. The van der Waals surface area contributed by atoms with Crippen molar-refractivity contribution >= 4 is 0 Å². The van der Waals surface area contributed by atoms with E-state index < -0.39 is 0 Å². The van der Waals surface area contributed by atoms with Gasteiger partial charge in [0.1, 0.15) is 5.82 Å². The smallest absolute Gasteiger partial charge is 0.128 e. The normalized spacial score (nSPS) is 21.2. The first-order valence-electron chi connectivity index (χ1n) is 5.93. The van der Waals surface area contributed by atoms with Gasteiger partial charge in [0.2, 0.25) is 0 Å². The van der Waals surface area contributed by atoms with Gasteiger partial charge in [0.25, 0.3) is 0 Å². The van der Waals surface area contributed by atoms with Gasteiger partial charge in [-0.1, -0.05) is 12.8 Å². The van der Waals surface area contributed by atoms with Crippen LogP contribution in [-0.4, -0.2) is 29.3 Å². The quantitative estimate of drug-likeness (QED) is 0.843. The van der Waals surface area contributed by atoms with Crippen LogP contribution in [0.3, 0.4) is 0 Å². The van der Waals surface area contributed by atoms with Crippen LogP contribution in [0.1, 0.15) is 37.5 Å². The number of likely N-dealkylation sites (N-methyl/N-ethyl adjacent to an activating group) is 1. The van der Waals surface area contributed by atoms with Crippen molar-refractivity contribution in [3.8, 4) is 0 Å². The molecule has 1 saturated carbocycles. The van der Waals surface area contributed by atoms with E-state index in [1.165, 1.54) is 12.8 Å². The molecule has 16 heavy (non-hydrogen) atoms. The summed E-state index contributed by atoms with van der Waals surface area (Å²) in [5.74, 6) is 1.06. The zero-order chi connectivity index (χ0) is 11.6. The van der Waals surface area contributed by atoms with E-state index in [-0.39, 0.29) is 11.6 Å². The molecule has 1 aromatic heterocycles. The summed E-state index contributed by atoms with van der Waals surface area (Å²) < 4.78 is 7.88. The fourth-order valence-corrected chi connectivity index (χ4v) is 2.87. The van der Waals surface area contributed by atoms with Crippen molar-refractivity contribution in [2.45, 2.75) is 37.3 Å². The third-order valence-corrected chi connectivity index (χ3v) is 3.79. The Morgan fingerprint density at radius 3 is 2.62 bits per heavy atom. The predicted molar refractivity (Wildman–Crippen MR) is 63.2 cm³/mol. The summed E-state index contributed by atoms with van der Waals surface area (Å²) in [6.07, 6.45) is 8.55. The number of hydrogen-bond acceptors (Lipinski definition) is 3. The van der Waals surface area contributed by atoms with Crippen LogP contribution >= 0.6 is 0 Å². The molecule has 1 N–H and O–H groups in total. The first kappa shape index (κ1) is 11.6. The Balaban J connectivity index is 2.31. The zero-order valence-corrected chi connectivity index (χ0v) is 10.4. The van der Waals surface area contributed by atoms with E-state index >= 15 is 0 Å². The second kappa shape index (κ2) is 4.55. The van der Waals surface area contributed by atoms with Crippen LogP contribution in [0.2, 0.25) is 0 Å². The number of ether oxygens (including phenoxy) is 1. The summed E-state index contributed by atoms with van der Waals surface area (Å²) in [5, 5.41) is 3.37. The van der Waals surface area contributed by atoms with E-state index in [2.05, 4.69) is 14.9 Å². The van der Waals surface area contributed by atoms with Gasteiger partial charge in [0, 0.05) is 26.6 Å². The van der Waals surface area contributed by atoms with Crippen LogP contribution in [0.4, 0.5) is 0 Å². The van der Waals surface area contributed by atoms with Crippen molar-refractivity contribution < 1.29 is 4.74 Å². The summed E-state index contributed by atoms with van der Waals surface area (Å²) in [5.41, 5.74) is -0.0755. The summed E-state index contributed by atoms with van der Waals surface area (Å²) >= 11 is 0. The lowest BCUT2D eigenvalue weighted by Gasteiger charge is -2.35. The molecule has 0 amide bonds. The second-order valence-electron chi connectivity index (χ2n) is 4.59. The Hall–Kier alpha value is -0.870. The maximum atomic E-state index is 5.81. The van der Waals surface area contributed by atoms with Gasteiger partial charge in [-0.2, -0.15) is 0 Å². The monoisotopic (exact) mass is 223 g/mol. The first-order valence-corrected chi connectivity index (χ1v) is 5.93. The third-order valence-electron chi connectivity index (χ3n) is 3.79. The number of hydrogen-bond donors (Lipinski definition) is 1. The van der Waals surface area contributed by atoms with Gasteiger partial charge in [-0.25, -0.2) is 4.98 Å². The summed E-state index contributed by atoms with van der Waals surface area (Å²) in [6.45, 7) is 0. The second-order valence-corrected chi connectivity index (χ2v) is 4.59. The van der Waals surface area contributed by atoms with Crippen LogP contribution in [-0.2, 0) is 11.8 Å². The molecule has 1 unspecified atom stereocenters. The van der Waals surface area contributed by atoms with Gasteiger partial charge >= 0.3 is 0 Å². The largest absolute Gasteiger partial charge is 0.376 e. The molecule has 2 rings (SSSR count). The molecule has 90 valence electrons. The van der Waals surface area contributed by atoms with E-state index in [1.807, 2.05) is 33.6 Å². The number of rotatable bonds is 4. The van der Waals surface area contributed by atoms with Gasteiger partial charge in [-0.15, -0.1) is 0 Å². The molecule has 1 atom stereocenters. The van der Waals surface area contributed by atoms with Crippen molar-refractivity contribution in [3.05, 3.63) is 18.2 Å². The molecule has 0 aromatic carbocycles. The zero-order valence-electron chi connectivity index (χ0n) is 10.4. The molecule has 1 aliphatic rings. The molecule has 1 aromatic rings. The molecule has 0 saturated heterocycles. The van der Waals surface area contributed by atoms with Crippen LogP contribution in [0.15, 0.2) is 12.4 Å². The van der Waals surface area contributed by atoms with Crippen molar-refractivity contribution in [3.63, 3.8) is 0 Å². The topological polar surface area (TPSA) is 39.1 Å². The highest BCUT2D eigenvalue weighted by molar-refractivity contribution is 5.09. The fourth-order valence-electron chi connectivity index (χ4n) is 2.87. The van der Waals surface area contributed by atoms with Gasteiger partial charge in [0.15, 0.2) is 0 Å². The van der Waals surface area contributed by atoms with E-state index in [0.29, 0.717) is 0 Å². The summed E-state index contributed by atoms with van der Waals surface area (Å²) in [6, 6.07) is 0.181. The molecule has 1 heterocycles. The van der Waals surface area contributed by atoms with Gasteiger partial charge in [0.05, 0.1) is 11.6 Å². The van der Waals surface area contributed by atoms with Crippen LogP contribution in [0.25, 0.3) is 0 Å². The highest BCUT2D eigenvalue weighted by Crippen LogP contribution is 2.41. The first-order chi connectivity index (χ1) is 7.73. The average Bonchev–Trinajstić information content (AvgIpc) is 2.91. The summed E-state index contributed by atoms with van der Waals surface area (Å²) in [7, 11) is 5.84. The standard InChI is InChI=1S/C12H21N3O/c1-13-10(11-14-8-9-15(11)2)12(16-3)6-4-5-7-12/h8-10,13H,4-7H2,1-3H3.